The summed E-state index contributed by atoms with van der Waals surface area (Å²) in [4.78, 5) is 2.56. The fourth-order valence-corrected chi connectivity index (χ4v) is 3.37. The number of para-hydroxylation sites is 1. The molecule has 3 heterocycles. The molecule has 3 nitrogen and oxygen atoms in total. The van der Waals surface area contributed by atoms with Gasteiger partial charge in [-0.3, -0.25) is 4.90 Å². The van der Waals surface area contributed by atoms with Crippen molar-refractivity contribution in [3.63, 3.8) is 0 Å². The molecule has 1 N–H and O–H groups in total. The molecule has 0 radical (unpaired) electrons. The van der Waals surface area contributed by atoms with Crippen molar-refractivity contribution in [2.45, 2.75) is 19.5 Å². The average Bonchev–Trinajstić information content (AvgIpc) is 2.97. The highest BCUT2D eigenvalue weighted by molar-refractivity contribution is 5.87. The zero-order chi connectivity index (χ0) is 11.9. The number of nitrogens with one attached hydrogen (secondary N) is 1. The Bertz CT molecular complexity index is 579. The van der Waals surface area contributed by atoms with E-state index in [1.54, 1.807) is 0 Å². The van der Waals surface area contributed by atoms with Crippen LogP contribution in [0.4, 0.5) is 0 Å². The van der Waals surface area contributed by atoms with Crippen LogP contribution in [0.5, 0.6) is 0 Å². The van der Waals surface area contributed by atoms with Crippen molar-refractivity contribution in [3.8, 4) is 0 Å². The molecule has 2 aliphatic rings. The van der Waals surface area contributed by atoms with Gasteiger partial charge in [0.25, 0.3) is 0 Å². The zero-order valence-electron chi connectivity index (χ0n) is 10.7. The van der Waals surface area contributed by atoms with Crippen molar-refractivity contribution >= 4 is 10.9 Å². The van der Waals surface area contributed by atoms with E-state index in [1.165, 1.54) is 41.5 Å². The van der Waals surface area contributed by atoms with Gasteiger partial charge >= 0.3 is 0 Å². The van der Waals surface area contributed by atoms with Gasteiger partial charge in [-0.05, 0) is 17.5 Å². The lowest BCUT2D eigenvalue weighted by Crippen LogP contribution is -2.42. The first-order valence-electron chi connectivity index (χ1n) is 6.94. The van der Waals surface area contributed by atoms with Gasteiger partial charge in [-0.15, -0.1) is 0 Å². The van der Waals surface area contributed by atoms with E-state index < -0.39 is 0 Å². The van der Waals surface area contributed by atoms with E-state index in [-0.39, 0.29) is 0 Å². The molecule has 1 fully saturated rings. The summed E-state index contributed by atoms with van der Waals surface area (Å²) < 4.78 is 2.45. The minimum absolute atomic E-state index is 1.11. The highest BCUT2D eigenvalue weighted by Crippen LogP contribution is 2.30. The quantitative estimate of drug-likeness (QED) is 0.862. The van der Waals surface area contributed by atoms with Gasteiger partial charge in [-0.25, -0.2) is 0 Å². The molecule has 18 heavy (non-hydrogen) atoms. The third-order valence-electron chi connectivity index (χ3n) is 4.29. The van der Waals surface area contributed by atoms with Gasteiger partial charge in [-0.1, -0.05) is 18.2 Å². The standard InChI is InChI=1S/C15H19N3/c1-2-12-4-7-18-11-13(14(3-1)15(12)18)10-17-8-5-16-6-9-17/h1-3,11,16H,4-10H2. The minimum atomic E-state index is 1.11. The number of aromatic nitrogens is 1. The Balaban J connectivity index is 1.71. The smallest absolute Gasteiger partial charge is 0.0516 e. The zero-order valence-corrected chi connectivity index (χ0v) is 10.7. The normalized spacial score (nSPS) is 19.8. The molecule has 0 saturated carbocycles. The molecule has 1 aromatic heterocycles. The molecule has 0 amide bonds. The summed E-state index contributed by atoms with van der Waals surface area (Å²) in [5.74, 6) is 0. The van der Waals surface area contributed by atoms with Crippen molar-refractivity contribution in [1.82, 2.24) is 14.8 Å². The Hall–Kier alpha value is -1.32. The van der Waals surface area contributed by atoms with Crippen molar-refractivity contribution in [2.24, 2.45) is 0 Å². The molecule has 0 atom stereocenters. The first kappa shape index (κ1) is 10.6. The first-order valence-corrected chi connectivity index (χ1v) is 6.94. The van der Waals surface area contributed by atoms with Gasteiger partial charge in [0, 0.05) is 50.9 Å². The van der Waals surface area contributed by atoms with E-state index in [9.17, 15) is 0 Å². The summed E-state index contributed by atoms with van der Waals surface area (Å²) >= 11 is 0. The highest BCUT2D eigenvalue weighted by Gasteiger charge is 2.19. The van der Waals surface area contributed by atoms with Crippen LogP contribution in [0.3, 0.4) is 0 Å². The van der Waals surface area contributed by atoms with Gasteiger partial charge in [0.15, 0.2) is 0 Å². The second-order valence-electron chi connectivity index (χ2n) is 5.44. The monoisotopic (exact) mass is 241 g/mol. The van der Waals surface area contributed by atoms with Crippen molar-refractivity contribution in [2.75, 3.05) is 26.2 Å². The SMILES string of the molecule is c1cc2c3c(c1)c(CN1CCNCC1)cn3CC2. The summed E-state index contributed by atoms with van der Waals surface area (Å²) in [6.45, 7) is 6.87. The van der Waals surface area contributed by atoms with Gasteiger partial charge < -0.3 is 9.88 Å². The van der Waals surface area contributed by atoms with E-state index in [1.807, 2.05) is 0 Å². The van der Waals surface area contributed by atoms with Gasteiger partial charge in [0.1, 0.15) is 0 Å². The van der Waals surface area contributed by atoms with Crippen molar-refractivity contribution < 1.29 is 0 Å². The summed E-state index contributed by atoms with van der Waals surface area (Å²) in [6, 6.07) is 6.78. The Morgan fingerprint density at radius 1 is 1.11 bits per heavy atom. The third-order valence-corrected chi connectivity index (χ3v) is 4.29. The largest absolute Gasteiger partial charge is 0.347 e. The first-order chi connectivity index (χ1) is 8.92. The topological polar surface area (TPSA) is 20.2 Å². The molecular formula is C15H19N3. The van der Waals surface area contributed by atoms with Crippen LogP contribution in [-0.4, -0.2) is 35.6 Å². The summed E-state index contributed by atoms with van der Waals surface area (Å²) in [6.07, 6.45) is 3.59. The summed E-state index contributed by atoms with van der Waals surface area (Å²) in [7, 11) is 0. The second-order valence-corrected chi connectivity index (χ2v) is 5.44. The number of nitrogens with zero attached hydrogens (tertiary/aromatic N) is 2. The number of benzene rings is 1. The molecular weight excluding hydrogens is 222 g/mol. The predicted molar refractivity (Wildman–Crippen MR) is 73.8 cm³/mol. The maximum atomic E-state index is 3.42. The van der Waals surface area contributed by atoms with E-state index in [4.69, 9.17) is 0 Å². The lowest BCUT2D eigenvalue weighted by Gasteiger charge is -2.26. The molecule has 1 aromatic carbocycles. The predicted octanol–water partition coefficient (Wildman–Crippen LogP) is 1.60. The highest BCUT2D eigenvalue weighted by atomic mass is 15.2. The molecule has 0 aliphatic carbocycles. The van der Waals surface area contributed by atoms with Crippen LogP contribution >= 0.6 is 0 Å². The summed E-state index contributed by atoms with van der Waals surface area (Å²) in [5.41, 5.74) is 4.52. The van der Waals surface area contributed by atoms with Crippen LogP contribution in [-0.2, 0) is 19.5 Å². The number of hydrogen-bond donors (Lipinski definition) is 1. The van der Waals surface area contributed by atoms with Crippen LogP contribution < -0.4 is 5.32 Å². The summed E-state index contributed by atoms with van der Waals surface area (Å²) in [5, 5.41) is 4.89. The Morgan fingerprint density at radius 2 is 2.00 bits per heavy atom. The van der Waals surface area contributed by atoms with Gasteiger partial charge in [0.05, 0.1) is 5.52 Å². The van der Waals surface area contributed by atoms with E-state index >= 15 is 0 Å². The molecule has 2 aromatic rings. The Morgan fingerprint density at radius 3 is 2.89 bits per heavy atom. The van der Waals surface area contributed by atoms with Crippen LogP contribution in [0.15, 0.2) is 24.4 Å². The van der Waals surface area contributed by atoms with Gasteiger partial charge in [-0.2, -0.15) is 0 Å². The van der Waals surface area contributed by atoms with Crippen molar-refractivity contribution in [1.29, 1.82) is 0 Å². The number of piperazine rings is 1. The molecule has 94 valence electrons. The third kappa shape index (κ3) is 1.58. The number of aryl methyl sites for hydroxylation is 2. The van der Waals surface area contributed by atoms with Crippen molar-refractivity contribution in [3.05, 3.63) is 35.5 Å². The van der Waals surface area contributed by atoms with Gasteiger partial charge in [0.2, 0.25) is 0 Å². The Kier molecular flexibility index (Phi) is 2.42. The van der Waals surface area contributed by atoms with E-state index in [2.05, 4.69) is 39.2 Å². The second kappa shape index (κ2) is 4.11. The van der Waals surface area contributed by atoms with Crippen LogP contribution in [0.1, 0.15) is 11.1 Å². The fourth-order valence-electron chi connectivity index (χ4n) is 3.37. The molecule has 0 unspecified atom stereocenters. The molecule has 2 aliphatic heterocycles. The lowest BCUT2D eigenvalue weighted by molar-refractivity contribution is 0.234. The van der Waals surface area contributed by atoms with Crippen LogP contribution in [0, 0.1) is 0 Å². The molecule has 3 heteroatoms. The van der Waals surface area contributed by atoms with E-state index in [0.29, 0.717) is 0 Å². The maximum Gasteiger partial charge on any atom is 0.0516 e. The molecule has 0 spiro atoms. The van der Waals surface area contributed by atoms with Crippen LogP contribution in [0.25, 0.3) is 10.9 Å². The lowest BCUT2D eigenvalue weighted by atomic mass is 10.1. The number of rotatable bonds is 2. The van der Waals surface area contributed by atoms with Crippen LogP contribution in [0.2, 0.25) is 0 Å². The minimum Gasteiger partial charge on any atom is -0.347 e. The van der Waals surface area contributed by atoms with E-state index in [0.717, 1.165) is 26.2 Å². The fraction of sp³-hybridized carbons (Fsp3) is 0.467. The number of hydrogen-bond acceptors (Lipinski definition) is 2. The maximum absolute atomic E-state index is 3.42. The molecule has 1 saturated heterocycles. The Labute approximate surface area is 107 Å². The average molecular weight is 241 g/mol. The molecule has 4 rings (SSSR count). The molecule has 0 bridgehead atoms.